The van der Waals surface area contributed by atoms with E-state index >= 15 is 0 Å². The van der Waals surface area contributed by atoms with Crippen LogP contribution in [0.2, 0.25) is 0 Å². The third-order valence-corrected chi connectivity index (χ3v) is 4.53. The monoisotopic (exact) mass is 311 g/mol. The van der Waals surface area contributed by atoms with Crippen LogP contribution in [-0.4, -0.2) is 42.6 Å². The first-order valence-electron chi connectivity index (χ1n) is 7.09. The van der Waals surface area contributed by atoms with Crippen LogP contribution in [0.1, 0.15) is 34.3 Å². The Morgan fingerprint density at radius 3 is 2.95 bits per heavy atom. The predicted octanol–water partition coefficient (Wildman–Crippen LogP) is 1.99. The van der Waals surface area contributed by atoms with E-state index in [9.17, 15) is 9.59 Å². The van der Waals surface area contributed by atoms with Crippen LogP contribution in [0.5, 0.6) is 0 Å². The molecule has 21 heavy (non-hydrogen) atoms. The van der Waals surface area contributed by atoms with Crippen LogP contribution < -0.4 is 11.1 Å². The van der Waals surface area contributed by atoms with Crippen LogP contribution in [0.15, 0.2) is 6.07 Å². The molecule has 2 rings (SSSR count). The van der Waals surface area contributed by atoms with Crippen LogP contribution in [0.3, 0.4) is 0 Å². The third-order valence-electron chi connectivity index (χ3n) is 3.47. The Hall–Kier alpha value is -1.76. The Morgan fingerprint density at radius 2 is 2.33 bits per heavy atom. The van der Waals surface area contributed by atoms with Gasteiger partial charge in [-0.15, -0.1) is 11.3 Å². The van der Waals surface area contributed by atoms with Gasteiger partial charge in [0.2, 0.25) is 0 Å². The zero-order valence-corrected chi connectivity index (χ0v) is 13.2. The average molecular weight is 311 g/mol. The molecule has 1 fully saturated rings. The lowest BCUT2D eigenvalue weighted by molar-refractivity contribution is 0.0691. The number of rotatable bonds is 3. The van der Waals surface area contributed by atoms with Crippen molar-refractivity contribution in [2.75, 3.05) is 25.4 Å². The first-order chi connectivity index (χ1) is 10.0. The van der Waals surface area contributed by atoms with Crippen molar-refractivity contribution in [1.29, 1.82) is 0 Å². The van der Waals surface area contributed by atoms with Crippen molar-refractivity contribution in [3.8, 4) is 0 Å². The fraction of sp³-hybridized carbons (Fsp3) is 0.571. The van der Waals surface area contributed by atoms with Crippen molar-refractivity contribution < 1.29 is 14.3 Å². The fourth-order valence-electron chi connectivity index (χ4n) is 2.38. The highest BCUT2D eigenvalue weighted by molar-refractivity contribution is 7.14. The average Bonchev–Trinajstić information content (AvgIpc) is 2.78. The molecule has 7 heteroatoms. The molecule has 6 nitrogen and oxygen atoms in total. The van der Waals surface area contributed by atoms with Crippen molar-refractivity contribution in [3.05, 3.63) is 15.8 Å². The van der Waals surface area contributed by atoms with Gasteiger partial charge in [-0.05, 0) is 32.8 Å². The van der Waals surface area contributed by atoms with Gasteiger partial charge in [0.15, 0.2) is 0 Å². The second kappa shape index (κ2) is 6.80. The van der Waals surface area contributed by atoms with Gasteiger partial charge in [-0.25, -0.2) is 4.79 Å². The van der Waals surface area contributed by atoms with E-state index < -0.39 is 6.09 Å². The lowest BCUT2D eigenvalue weighted by Crippen LogP contribution is -2.49. The first kappa shape index (κ1) is 15.6. The summed E-state index contributed by atoms with van der Waals surface area (Å²) in [5, 5.41) is 2.80. The van der Waals surface area contributed by atoms with Gasteiger partial charge in [-0.3, -0.25) is 4.79 Å². The Balaban J connectivity index is 1.97. The lowest BCUT2D eigenvalue weighted by Gasteiger charge is -2.32. The van der Waals surface area contributed by atoms with Crippen LogP contribution in [-0.2, 0) is 4.74 Å². The fourth-order valence-corrected chi connectivity index (χ4v) is 3.29. The zero-order valence-electron chi connectivity index (χ0n) is 12.3. The number of hydrogen-bond acceptors (Lipinski definition) is 5. The number of thiophene rings is 1. The van der Waals surface area contributed by atoms with Gasteiger partial charge < -0.3 is 20.7 Å². The number of carbonyl (C=O) groups excluding carboxylic acids is 2. The number of hydrogen-bond donors (Lipinski definition) is 2. The molecule has 1 saturated heterocycles. The number of alkyl carbamates (subject to hydrolysis) is 1. The van der Waals surface area contributed by atoms with Crippen molar-refractivity contribution >= 4 is 29.0 Å². The SMILES string of the molecule is CCOC(=O)NC1CCCN(C(=O)c2cc(N)c(C)s2)C1. The molecule has 3 N–H and O–H groups in total. The summed E-state index contributed by atoms with van der Waals surface area (Å²) >= 11 is 1.41. The minimum atomic E-state index is -0.423. The van der Waals surface area contributed by atoms with E-state index in [1.807, 2.05) is 6.92 Å². The number of nitrogens with two attached hydrogens (primary N) is 1. The molecule has 0 aromatic carbocycles. The van der Waals surface area contributed by atoms with Crippen LogP contribution in [0, 0.1) is 6.92 Å². The molecule has 0 aliphatic carbocycles. The first-order valence-corrected chi connectivity index (χ1v) is 7.91. The Kier molecular flexibility index (Phi) is 5.06. The topological polar surface area (TPSA) is 84.7 Å². The zero-order chi connectivity index (χ0) is 15.4. The molecule has 1 aromatic rings. The maximum absolute atomic E-state index is 12.5. The normalized spacial score (nSPS) is 18.4. The summed E-state index contributed by atoms with van der Waals surface area (Å²) in [4.78, 5) is 27.3. The number of nitrogen functional groups attached to an aromatic ring is 1. The summed E-state index contributed by atoms with van der Waals surface area (Å²) in [6, 6.07) is 1.67. The second-order valence-corrected chi connectivity index (χ2v) is 6.33. The Labute approximate surface area is 128 Å². The molecule has 1 atom stereocenters. The number of ether oxygens (including phenoxy) is 1. The number of aryl methyl sites for hydroxylation is 1. The molecule has 1 aliphatic heterocycles. The number of piperidine rings is 1. The van der Waals surface area contributed by atoms with Gasteiger partial charge in [-0.2, -0.15) is 0 Å². The van der Waals surface area contributed by atoms with E-state index in [0.29, 0.717) is 30.3 Å². The van der Waals surface area contributed by atoms with Crippen molar-refractivity contribution in [2.45, 2.75) is 32.7 Å². The number of nitrogens with one attached hydrogen (secondary N) is 1. The van der Waals surface area contributed by atoms with Gasteiger partial charge in [-0.1, -0.05) is 0 Å². The molecule has 0 spiro atoms. The molecule has 116 valence electrons. The van der Waals surface area contributed by atoms with Crippen LogP contribution >= 0.6 is 11.3 Å². The number of anilines is 1. The molecule has 0 bridgehead atoms. The Morgan fingerprint density at radius 1 is 1.57 bits per heavy atom. The summed E-state index contributed by atoms with van der Waals surface area (Å²) in [6.07, 6.45) is 1.30. The predicted molar refractivity (Wildman–Crippen MR) is 82.6 cm³/mol. The molecule has 1 aromatic heterocycles. The van der Waals surface area contributed by atoms with Crippen molar-refractivity contribution in [2.24, 2.45) is 0 Å². The standard InChI is InChI=1S/C14H21N3O3S/c1-3-20-14(19)16-10-5-4-6-17(8-10)13(18)12-7-11(15)9(2)21-12/h7,10H,3-6,8,15H2,1-2H3,(H,16,19). The number of nitrogens with zero attached hydrogens (tertiary/aromatic N) is 1. The maximum atomic E-state index is 12.5. The highest BCUT2D eigenvalue weighted by Gasteiger charge is 2.26. The molecule has 0 radical (unpaired) electrons. The summed E-state index contributed by atoms with van der Waals surface area (Å²) in [5.41, 5.74) is 6.45. The molecular weight excluding hydrogens is 290 g/mol. The molecule has 0 saturated carbocycles. The molecule has 2 heterocycles. The second-order valence-electron chi connectivity index (χ2n) is 5.08. The Bertz CT molecular complexity index is 510. The number of amides is 2. The summed E-state index contributed by atoms with van der Waals surface area (Å²) in [5.74, 6) is -0.0184. The van der Waals surface area contributed by atoms with Gasteiger partial charge in [0.1, 0.15) is 0 Å². The van der Waals surface area contributed by atoms with E-state index in [0.717, 1.165) is 17.7 Å². The lowest BCUT2D eigenvalue weighted by atomic mass is 10.1. The summed E-state index contributed by atoms with van der Waals surface area (Å²) in [7, 11) is 0. The molecule has 1 aliphatic rings. The van der Waals surface area contributed by atoms with E-state index in [4.69, 9.17) is 10.5 Å². The van der Waals surface area contributed by atoms with Crippen molar-refractivity contribution in [1.82, 2.24) is 10.2 Å². The quantitative estimate of drug-likeness (QED) is 0.894. The number of carbonyl (C=O) groups is 2. The van der Waals surface area contributed by atoms with Gasteiger partial charge >= 0.3 is 6.09 Å². The largest absolute Gasteiger partial charge is 0.450 e. The molecular formula is C14H21N3O3S. The van der Waals surface area contributed by atoms with E-state index in [1.54, 1.807) is 17.9 Å². The third kappa shape index (κ3) is 3.87. The minimum absolute atomic E-state index is 0.0184. The molecule has 1 unspecified atom stereocenters. The van der Waals surface area contributed by atoms with E-state index in [1.165, 1.54) is 11.3 Å². The summed E-state index contributed by atoms with van der Waals surface area (Å²) < 4.78 is 4.88. The van der Waals surface area contributed by atoms with E-state index in [2.05, 4.69) is 5.32 Å². The highest BCUT2D eigenvalue weighted by atomic mass is 32.1. The smallest absolute Gasteiger partial charge is 0.407 e. The molecule has 2 amide bonds. The van der Waals surface area contributed by atoms with Gasteiger partial charge in [0.05, 0.1) is 11.5 Å². The maximum Gasteiger partial charge on any atom is 0.407 e. The van der Waals surface area contributed by atoms with Gasteiger partial charge in [0, 0.05) is 29.7 Å². The number of likely N-dealkylation sites (tertiary alicyclic amines) is 1. The van der Waals surface area contributed by atoms with Gasteiger partial charge in [0.25, 0.3) is 5.91 Å². The highest BCUT2D eigenvalue weighted by Crippen LogP contribution is 2.25. The van der Waals surface area contributed by atoms with Crippen LogP contribution in [0.4, 0.5) is 10.5 Å². The van der Waals surface area contributed by atoms with Crippen LogP contribution in [0.25, 0.3) is 0 Å². The minimum Gasteiger partial charge on any atom is -0.450 e. The summed E-state index contributed by atoms with van der Waals surface area (Å²) in [6.45, 7) is 5.22. The van der Waals surface area contributed by atoms with Crippen molar-refractivity contribution in [3.63, 3.8) is 0 Å². The van der Waals surface area contributed by atoms with E-state index in [-0.39, 0.29) is 11.9 Å².